The van der Waals surface area contributed by atoms with E-state index in [4.69, 9.17) is 11.2 Å². The molecule has 0 aliphatic carbocycles. The maximum Gasteiger partial charge on any atom is 0.408 e. The lowest BCUT2D eigenvalue weighted by Crippen LogP contribution is -2.49. The summed E-state index contributed by atoms with van der Waals surface area (Å²) in [4.78, 5) is 40.1. The Labute approximate surface area is 216 Å². The van der Waals surface area contributed by atoms with Crippen LogP contribution in [0.2, 0.25) is 0 Å². The maximum absolute atomic E-state index is 13.6. The summed E-state index contributed by atoms with van der Waals surface area (Å²) in [7, 11) is 0. The number of phenols is 1. The molecule has 3 rings (SSSR count). The van der Waals surface area contributed by atoms with E-state index in [0.717, 1.165) is 15.7 Å². The van der Waals surface area contributed by atoms with Crippen molar-refractivity contribution in [2.24, 2.45) is 0 Å². The molecule has 0 aromatic heterocycles. The molecule has 0 radical (unpaired) electrons. The summed E-state index contributed by atoms with van der Waals surface area (Å²) in [5.74, 6) is -1.53. The lowest BCUT2D eigenvalue weighted by molar-refractivity contribution is -0.136. The van der Waals surface area contributed by atoms with Gasteiger partial charge in [-0.15, -0.1) is 0 Å². The Kier molecular flexibility index (Phi) is 8.08. The summed E-state index contributed by atoms with van der Waals surface area (Å²) in [6, 6.07) is 17.7. The highest BCUT2D eigenvalue weighted by atomic mass is 16.6. The van der Waals surface area contributed by atoms with Crippen molar-refractivity contribution in [2.45, 2.75) is 52.3 Å². The number of aryl methyl sites for hydroxylation is 1. The zero-order valence-corrected chi connectivity index (χ0v) is 21.5. The molecule has 2 atom stereocenters. The molecule has 0 fully saturated rings. The van der Waals surface area contributed by atoms with Gasteiger partial charge in [0, 0.05) is 17.3 Å². The summed E-state index contributed by atoms with van der Waals surface area (Å²) >= 11 is 0. The number of ether oxygens (including phenoxy) is 1. The molecule has 37 heavy (non-hydrogen) atoms. The lowest BCUT2D eigenvalue weighted by atomic mass is 9.99. The first-order valence-electron chi connectivity index (χ1n) is 11.8. The smallest absolute Gasteiger partial charge is 0.408 e. The van der Waals surface area contributed by atoms with E-state index in [1.54, 1.807) is 52.0 Å². The molecule has 8 nitrogen and oxygen atoms in total. The molecular weight excluding hydrogens is 470 g/mol. The third-order valence-corrected chi connectivity index (χ3v) is 5.57. The van der Waals surface area contributed by atoms with Crippen LogP contribution in [-0.4, -0.2) is 39.6 Å². The van der Waals surface area contributed by atoms with Gasteiger partial charge in [-0.05, 0) is 63.1 Å². The van der Waals surface area contributed by atoms with Gasteiger partial charge in [-0.1, -0.05) is 55.0 Å². The Morgan fingerprint density at radius 3 is 2.35 bits per heavy atom. The molecule has 0 bridgehead atoms. The fourth-order valence-electron chi connectivity index (χ4n) is 3.80. The molecule has 0 heterocycles. The number of hydrogen-bond donors (Lipinski definition) is 3. The summed E-state index contributed by atoms with van der Waals surface area (Å²) in [6.45, 7) is 8.19. The number of benzene rings is 3. The van der Waals surface area contributed by atoms with Crippen LogP contribution in [0.1, 0.15) is 44.9 Å². The van der Waals surface area contributed by atoms with E-state index in [2.05, 4.69) is 16.7 Å². The second-order valence-electron chi connectivity index (χ2n) is 9.67. The number of carbonyl (C=O) groups is 3. The molecule has 0 saturated heterocycles. The van der Waals surface area contributed by atoms with Gasteiger partial charge in [0.1, 0.15) is 17.4 Å². The van der Waals surface area contributed by atoms with Crippen molar-refractivity contribution < 1.29 is 24.2 Å². The van der Waals surface area contributed by atoms with E-state index in [0.29, 0.717) is 11.3 Å². The molecule has 192 valence electrons. The zero-order chi connectivity index (χ0) is 27.3. The topological polar surface area (TPSA) is 108 Å². The minimum absolute atomic E-state index is 0.147. The minimum atomic E-state index is -1.38. The SMILES string of the molecule is C#CN(C(=O)C(C)NC(=O)OC(C)(C)C)C(C(=O)Nc1ccc2ccccc2c1)c1cccc(C)c1O. The van der Waals surface area contributed by atoms with Crippen molar-refractivity contribution in [2.75, 3.05) is 5.32 Å². The van der Waals surface area contributed by atoms with E-state index in [-0.39, 0.29) is 11.3 Å². The molecule has 0 saturated carbocycles. The fraction of sp³-hybridized carbons (Fsp3) is 0.276. The van der Waals surface area contributed by atoms with Crippen LogP contribution in [0.5, 0.6) is 5.75 Å². The van der Waals surface area contributed by atoms with Gasteiger partial charge in [0.2, 0.25) is 0 Å². The quantitative estimate of drug-likeness (QED) is 0.330. The number of phenolic OH excluding ortho intramolecular Hbond substituents is 1. The predicted octanol–water partition coefficient (Wildman–Crippen LogP) is 4.87. The summed E-state index contributed by atoms with van der Waals surface area (Å²) in [5.41, 5.74) is 0.374. The van der Waals surface area contributed by atoms with Crippen molar-refractivity contribution in [3.05, 3.63) is 71.8 Å². The Morgan fingerprint density at radius 1 is 1.03 bits per heavy atom. The number of carbonyl (C=O) groups excluding carboxylic acids is 3. The minimum Gasteiger partial charge on any atom is -0.507 e. The molecule has 3 N–H and O–H groups in total. The molecule has 8 heteroatoms. The van der Waals surface area contributed by atoms with Gasteiger partial charge in [-0.3, -0.25) is 14.5 Å². The van der Waals surface area contributed by atoms with Crippen LogP contribution in [-0.2, 0) is 14.3 Å². The highest BCUT2D eigenvalue weighted by Gasteiger charge is 2.36. The van der Waals surface area contributed by atoms with Crippen molar-refractivity contribution in [1.82, 2.24) is 10.2 Å². The normalized spacial score (nSPS) is 12.6. The van der Waals surface area contributed by atoms with Crippen LogP contribution in [0.25, 0.3) is 10.8 Å². The number of fused-ring (bicyclic) bond motifs is 1. The summed E-state index contributed by atoms with van der Waals surface area (Å²) < 4.78 is 5.22. The van der Waals surface area contributed by atoms with Crippen molar-refractivity contribution in [3.8, 4) is 18.2 Å². The average molecular weight is 502 g/mol. The number of nitrogens with one attached hydrogen (secondary N) is 2. The van der Waals surface area contributed by atoms with Gasteiger partial charge in [-0.25, -0.2) is 4.79 Å². The zero-order valence-electron chi connectivity index (χ0n) is 21.5. The van der Waals surface area contributed by atoms with E-state index >= 15 is 0 Å². The van der Waals surface area contributed by atoms with Crippen molar-refractivity contribution in [3.63, 3.8) is 0 Å². The second kappa shape index (κ2) is 11.0. The number of terminal acetylenes is 1. The molecule has 3 aromatic rings. The third kappa shape index (κ3) is 6.58. The number of hydrogen-bond acceptors (Lipinski definition) is 5. The monoisotopic (exact) mass is 501 g/mol. The van der Waals surface area contributed by atoms with Crippen molar-refractivity contribution >= 4 is 34.4 Å². The standard InChI is InChI=1S/C29H31N3O5/c1-7-32(27(35)19(3)30-28(36)37-29(4,5)6)24(23-14-10-11-18(2)25(23)33)26(34)31-22-16-15-20-12-8-9-13-21(20)17-22/h1,8-17,19,24,33H,2-6H3,(H,30,36)(H,31,34). The van der Waals surface area contributed by atoms with Crippen LogP contribution in [0, 0.1) is 19.4 Å². The largest absolute Gasteiger partial charge is 0.507 e. The Hall–Kier alpha value is -4.51. The molecular formula is C29H31N3O5. The Bertz CT molecular complexity index is 1370. The van der Waals surface area contributed by atoms with Gasteiger partial charge in [0.15, 0.2) is 6.04 Å². The molecule has 0 aliphatic heterocycles. The molecule has 2 unspecified atom stereocenters. The van der Waals surface area contributed by atoms with Crippen LogP contribution in [0.15, 0.2) is 60.7 Å². The van der Waals surface area contributed by atoms with Crippen LogP contribution >= 0.6 is 0 Å². The van der Waals surface area contributed by atoms with Crippen LogP contribution in [0.3, 0.4) is 0 Å². The van der Waals surface area contributed by atoms with Gasteiger partial charge >= 0.3 is 6.09 Å². The van der Waals surface area contributed by atoms with Gasteiger partial charge in [0.05, 0.1) is 0 Å². The van der Waals surface area contributed by atoms with Crippen LogP contribution in [0.4, 0.5) is 10.5 Å². The number of aromatic hydroxyl groups is 1. The molecule has 0 aliphatic rings. The van der Waals surface area contributed by atoms with Gasteiger partial charge in [-0.2, -0.15) is 0 Å². The number of rotatable bonds is 6. The number of anilines is 1. The van der Waals surface area contributed by atoms with E-state index in [9.17, 15) is 19.5 Å². The predicted molar refractivity (Wildman–Crippen MR) is 143 cm³/mol. The number of nitrogens with zero attached hydrogens (tertiary/aromatic N) is 1. The lowest BCUT2D eigenvalue weighted by Gasteiger charge is -2.29. The van der Waals surface area contributed by atoms with Gasteiger partial charge < -0.3 is 20.5 Å². The third-order valence-electron chi connectivity index (χ3n) is 5.57. The van der Waals surface area contributed by atoms with E-state index < -0.39 is 35.6 Å². The highest BCUT2D eigenvalue weighted by molar-refractivity contribution is 6.01. The molecule has 3 amide bonds. The Morgan fingerprint density at radius 2 is 1.70 bits per heavy atom. The second-order valence-corrected chi connectivity index (χ2v) is 9.67. The summed E-state index contributed by atoms with van der Waals surface area (Å²) in [6.07, 6.45) is 4.92. The van der Waals surface area contributed by atoms with E-state index in [1.807, 2.05) is 30.3 Å². The summed E-state index contributed by atoms with van der Waals surface area (Å²) in [5, 5.41) is 18.0. The van der Waals surface area contributed by atoms with E-state index in [1.165, 1.54) is 13.0 Å². The maximum atomic E-state index is 13.6. The molecule has 3 aromatic carbocycles. The molecule has 0 spiro atoms. The first-order chi connectivity index (χ1) is 17.4. The van der Waals surface area contributed by atoms with Crippen molar-refractivity contribution in [1.29, 1.82) is 0 Å². The Balaban J connectivity index is 1.95. The average Bonchev–Trinajstić information content (AvgIpc) is 2.82. The highest BCUT2D eigenvalue weighted by Crippen LogP contribution is 2.33. The van der Waals surface area contributed by atoms with Crippen LogP contribution < -0.4 is 10.6 Å². The first kappa shape index (κ1) is 27.1. The number of para-hydroxylation sites is 1. The fourth-order valence-corrected chi connectivity index (χ4v) is 3.80. The number of amides is 3. The number of alkyl carbamates (subject to hydrolysis) is 1. The first-order valence-corrected chi connectivity index (χ1v) is 11.8. The van der Waals surface area contributed by atoms with Gasteiger partial charge in [0.25, 0.3) is 11.8 Å².